The van der Waals surface area contributed by atoms with Gasteiger partial charge in [-0.05, 0) is 32.4 Å². The van der Waals surface area contributed by atoms with E-state index in [1.807, 2.05) is 23.6 Å². The maximum Gasteiger partial charge on any atom is 0.319 e. The second-order valence-electron chi connectivity index (χ2n) is 7.95. The highest BCUT2D eigenvalue weighted by Gasteiger charge is 2.29. The predicted octanol–water partition coefficient (Wildman–Crippen LogP) is 5.05. The van der Waals surface area contributed by atoms with Crippen LogP contribution in [-0.4, -0.2) is 45.3 Å². The van der Waals surface area contributed by atoms with Crippen LogP contribution in [0.5, 0.6) is 0 Å². The van der Waals surface area contributed by atoms with Crippen molar-refractivity contribution >= 4 is 35.1 Å². The molecule has 0 unspecified atom stereocenters. The average molecular weight is 456 g/mol. The van der Waals surface area contributed by atoms with Gasteiger partial charge in [0.25, 0.3) is 0 Å². The third-order valence-electron chi connectivity index (χ3n) is 4.88. The zero-order valence-electron chi connectivity index (χ0n) is 18.2. The number of benzene rings is 1. The Morgan fingerprint density at radius 1 is 1.32 bits per heavy atom. The van der Waals surface area contributed by atoms with Gasteiger partial charge in [0.15, 0.2) is 4.34 Å². The Bertz CT molecular complexity index is 978. The molecule has 31 heavy (non-hydrogen) atoms. The van der Waals surface area contributed by atoms with Gasteiger partial charge in [-0.1, -0.05) is 65.9 Å². The number of carboxylic acid groups (broad SMARTS) is 1. The Labute approximate surface area is 192 Å². The molecule has 2 heterocycles. The maximum atomic E-state index is 11.4. The lowest BCUT2D eigenvalue weighted by Crippen LogP contribution is -2.35. The molecule has 0 bridgehead atoms. The summed E-state index contributed by atoms with van der Waals surface area (Å²) in [7, 11) is 0. The molecule has 1 aromatic heterocycles. The second kappa shape index (κ2) is 10.7. The number of carbonyl (C=O) groups is 1. The molecule has 0 amide bonds. The second-order valence-corrected chi connectivity index (χ2v) is 10.7. The van der Waals surface area contributed by atoms with E-state index in [1.165, 1.54) is 34.2 Å². The molecule has 164 valence electrons. The van der Waals surface area contributed by atoms with Crippen molar-refractivity contribution in [2.75, 3.05) is 19.6 Å². The first kappa shape index (κ1) is 23.2. The number of nitrogens with one attached hydrogen (secondary N) is 1. The molecule has 7 heteroatoms. The summed E-state index contributed by atoms with van der Waals surface area (Å²) in [6.07, 6.45) is 9.41. The molecule has 0 aliphatic carbocycles. The molecule has 2 N–H and O–H groups in total. The fourth-order valence-corrected chi connectivity index (χ4v) is 5.16. The number of dihydropyridines is 1. The molecule has 2 aromatic rings. The van der Waals surface area contributed by atoms with Crippen LogP contribution in [0, 0.1) is 0 Å². The molecule has 0 atom stereocenters. The van der Waals surface area contributed by atoms with Crippen molar-refractivity contribution < 1.29 is 9.90 Å². The Kier molecular flexibility index (Phi) is 7.98. The van der Waals surface area contributed by atoms with Crippen molar-refractivity contribution in [3.63, 3.8) is 0 Å². The zero-order chi connectivity index (χ0) is 22.3. The fourth-order valence-electron chi connectivity index (χ4n) is 2.94. The number of rotatable bonds is 10. The van der Waals surface area contributed by atoms with E-state index in [0.717, 1.165) is 41.9 Å². The van der Waals surface area contributed by atoms with Crippen LogP contribution in [-0.2, 0) is 11.2 Å². The van der Waals surface area contributed by atoms with Crippen LogP contribution in [0.2, 0.25) is 0 Å². The van der Waals surface area contributed by atoms with E-state index in [2.05, 4.69) is 58.6 Å². The van der Waals surface area contributed by atoms with Gasteiger partial charge in [0, 0.05) is 31.4 Å². The molecule has 0 radical (unpaired) electrons. The van der Waals surface area contributed by atoms with Crippen molar-refractivity contribution in [1.29, 1.82) is 0 Å². The average Bonchev–Trinajstić information content (AvgIpc) is 3.18. The quantitative estimate of drug-likeness (QED) is 0.489. The van der Waals surface area contributed by atoms with Crippen molar-refractivity contribution in [2.45, 2.75) is 36.3 Å². The van der Waals surface area contributed by atoms with Gasteiger partial charge in [-0.3, -0.25) is 4.79 Å². The zero-order valence-corrected chi connectivity index (χ0v) is 19.8. The van der Waals surface area contributed by atoms with Crippen LogP contribution < -0.4 is 5.32 Å². The highest BCUT2D eigenvalue weighted by molar-refractivity contribution is 8.02. The van der Waals surface area contributed by atoms with Gasteiger partial charge in [0.05, 0.1) is 5.69 Å². The van der Waals surface area contributed by atoms with Gasteiger partial charge in [0.1, 0.15) is 10.6 Å². The number of thioether (sulfide) groups is 1. The van der Waals surface area contributed by atoms with Gasteiger partial charge in [-0.2, -0.15) is 0 Å². The molecule has 0 spiro atoms. The number of allylic oxidation sites excluding steroid dienone is 2. The molecule has 0 saturated carbocycles. The lowest BCUT2D eigenvalue weighted by molar-refractivity contribution is -0.138. The van der Waals surface area contributed by atoms with Crippen LogP contribution in [0.15, 0.2) is 69.7 Å². The standard InChI is InChI=1S/C24H29N3O2S2/c1-18-11-12-21(25-16-18)27(14-7-10-19-8-5-4-6-9-19)15-13-20-17-30-23(26-20)31-24(2,3)22(28)29/h4-12,17,25H,13-16H2,1-3H3,(H,28,29)/b10-7+. The SMILES string of the molecule is CC1=CC=C(N(C/C=C/c2ccccc2)CCc2csc(SC(C)(C)C(=O)O)n2)NC1. The largest absolute Gasteiger partial charge is 0.480 e. The van der Waals surface area contributed by atoms with Crippen molar-refractivity contribution in [3.05, 3.63) is 76.6 Å². The van der Waals surface area contributed by atoms with Gasteiger partial charge in [-0.25, -0.2) is 4.98 Å². The van der Waals surface area contributed by atoms with Crippen LogP contribution in [0.4, 0.5) is 0 Å². The van der Waals surface area contributed by atoms with E-state index in [4.69, 9.17) is 0 Å². The summed E-state index contributed by atoms with van der Waals surface area (Å²) < 4.78 is -0.0868. The number of hydrogen-bond donors (Lipinski definition) is 2. The summed E-state index contributed by atoms with van der Waals surface area (Å²) >= 11 is 2.81. The van der Waals surface area contributed by atoms with Gasteiger partial charge < -0.3 is 15.3 Å². The number of nitrogens with zero attached hydrogens (tertiary/aromatic N) is 2. The minimum absolute atomic E-state index is 0.790. The fraction of sp³-hybridized carbons (Fsp3) is 0.333. The molecule has 1 aromatic carbocycles. The van der Waals surface area contributed by atoms with Gasteiger partial charge >= 0.3 is 5.97 Å². The molecule has 1 aliphatic heterocycles. The number of hydrogen-bond acceptors (Lipinski definition) is 6. The molecular weight excluding hydrogens is 426 g/mol. The van der Waals surface area contributed by atoms with Crippen molar-refractivity contribution in [1.82, 2.24) is 15.2 Å². The Morgan fingerprint density at radius 3 is 2.77 bits per heavy atom. The van der Waals surface area contributed by atoms with E-state index >= 15 is 0 Å². The first-order valence-electron chi connectivity index (χ1n) is 10.3. The smallest absolute Gasteiger partial charge is 0.319 e. The maximum absolute atomic E-state index is 11.4. The van der Waals surface area contributed by atoms with E-state index < -0.39 is 10.7 Å². The topological polar surface area (TPSA) is 65.5 Å². The van der Waals surface area contributed by atoms with Crippen molar-refractivity contribution in [2.24, 2.45) is 0 Å². The van der Waals surface area contributed by atoms with Crippen LogP contribution >= 0.6 is 23.1 Å². The summed E-state index contributed by atoms with van der Waals surface area (Å²) in [5.41, 5.74) is 3.49. The highest BCUT2D eigenvalue weighted by Crippen LogP contribution is 2.34. The normalized spacial score (nSPS) is 14.2. The number of aliphatic carboxylic acids is 1. The molecule has 0 saturated heterocycles. The van der Waals surface area contributed by atoms with E-state index in [1.54, 1.807) is 13.8 Å². The van der Waals surface area contributed by atoms with E-state index in [0.29, 0.717) is 0 Å². The van der Waals surface area contributed by atoms with E-state index in [-0.39, 0.29) is 0 Å². The predicted molar refractivity (Wildman–Crippen MR) is 130 cm³/mol. The van der Waals surface area contributed by atoms with Crippen molar-refractivity contribution in [3.8, 4) is 0 Å². The molecule has 5 nitrogen and oxygen atoms in total. The highest BCUT2D eigenvalue weighted by atomic mass is 32.2. The minimum Gasteiger partial charge on any atom is -0.480 e. The minimum atomic E-state index is -0.885. The van der Waals surface area contributed by atoms with Crippen LogP contribution in [0.1, 0.15) is 32.0 Å². The van der Waals surface area contributed by atoms with Gasteiger partial charge in [0.2, 0.25) is 0 Å². The van der Waals surface area contributed by atoms with Crippen LogP contribution in [0.25, 0.3) is 6.08 Å². The molecule has 3 rings (SSSR count). The van der Waals surface area contributed by atoms with Crippen LogP contribution in [0.3, 0.4) is 0 Å². The summed E-state index contributed by atoms with van der Waals surface area (Å²) in [5.74, 6) is 0.282. The Morgan fingerprint density at radius 2 is 2.10 bits per heavy atom. The third kappa shape index (κ3) is 7.01. The Hall–Kier alpha value is -2.51. The summed E-state index contributed by atoms with van der Waals surface area (Å²) in [6, 6.07) is 10.3. The molecule has 1 aliphatic rings. The first-order chi connectivity index (χ1) is 14.8. The van der Waals surface area contributed by atoms with E-state index in [9.17, 15) is 9.90 Å². The monoisotopic (exact) mass is 455 g/mol. The summed E-state index contributed by atoms with van der Waals surface area (Å²) in [4.78, 5) is 18.3. The number of thiazole rings is 1. The summed E-state index contributed by atoms with van der Waals surface area (Å²) in [5, 5.41) is 14.9. The molecule has 0 fully saturated rings. The molecular formula is C24H29N3O2S2. The number of aromatic nitrogens is 1. The Balaban J connectivity index is 1.65. The third-order valence-corrected chi connectivity index (χ3v) is 7.05. The summed E-state index contributed by atoms with van der Waals surface area (Å²) in [6.45, 7) is 8.00. The lowest BCUT2D eigenvalue weighted by Gasteiger charge is -2.28. The number of carboxylic acids is 1. The van der Waals surface area contributed by atoms with Gasteiger partial charge in [-0.15, -0.1) is 11.3 Å². The lowest BCUT2D eigenvalue weighted by atomic mass is 10.2. The first-order valence-corrected chi connectivity index (χ1v) is 12.0.